The van der Waals surface area contributed by atoms with Crippen LogP contribution in [0.5, 0.6) is 0 Å². The zero-order valence-electron chi connectivity index (χ0n) is 16.0. The molecule has 1 saturated heterocycles. The van der Waals surface area contributed by atoms with E-state index in [0.717, 1.165) is 43.2 Å². The fraction of sp³-hybridized carbons (Fsp3) is 0.882. The molecular formula is C17H32N2O7S2. The fourth-order valence-electron chi connectivity index (χ4n) is 3.15. The molecule has 0 aromatic rings. The number of nitrogens with two attached hydrogens (primary N) is 1. The molecule has 7 N–H and O–H groups in total. The molecule has 1 rings (SSSR count). The Morgan fingerprint density at radius 1 is 1.32 bits per heavy atom. The number of aliphatic hydroxyl groups is 3. The van der Waals surface area contributed by atoms with E-state index in [1.807, 2.05) is 0 Å². The summed E-state index contributed by atoms with van der Waals surface area (Å²) in [6.07, 6.45) is -0.848. The van der Waals surface area contributed by atoms with Crippen molar-refractivity contribution < 1.29 is 34.8 Å². The number of carboxylic acid groups (broad SMARTS) is 1. The Labute approximate surface area is 174 Å². The number of nitrogens with one attached hydrogen (secondary N) is 1. The van der Waals surface area contributed by atoms with Gasteiger partial charge in [-0.25, -0.2) is 4.79 Å². The van der Waals surface area contributed by atoms with Gasteiger partial charge < -0.3 is 36.2 Å². The Balaban J connectivity index is 2.96. The van der Waals surface area contributed by atoms with Crippen LogP contribution in [0.25, 0.3) is 0 Å². The normalized spacial score (nSPS) is 29.9. The van der Waals surface area contributed by atoms with Gasteiger partial charge in [0.1, 0.15) is 18.3 Å². The molecule has 0 radical (unpaired) electrons. The molecular weight excluding hydrogens is 408 g/mol. The highest BCUT2D eigenvalue weighted by Crippen LogP contribution is 2.40. The Bertz CT molecular complexity index is 514. The molecule has 0 aliphatic carbocycles. The summed E-state index contributed by atoms with van der Waals surface area (Å²) in [5, 5.41) is 41.7. The molecule has 11 heteroatoms. The van der Waals surface area contributed by atoms with E-state index < -0.39 is 53.8 Å². The molecule has 0 bridgehead atoms. The first-order valence-electron chi connectivity index (χ1n) is 9.34. The molecule has 1 fully saturated rings. The molecule has 1 heterocycles. The molecule has 9 nitrogen and oxygen atoms in total. The van der Waals surface area contributed by atoms with Crippen LogP contribution in [0.2, 0.25) is 0 Å². The van der Waals surface area contributed by atoms with Crippen molar-refractivity contribution in [3.05, 3.63) is 0 Å². The van der Waals surface area contributed by atoms with Gasteiger partial charge in [-0.3, -0.25) is 4.79 Å². The van der Waals surface area contributed by atoms with E-state index in [9.17, 15) is 24.9 Å². The highest BCUT2D eigenvalue weighted by Gasteiger charge is 2.54. The lowest BCUT2D eigenvalue weighted by molar-refractivity contribution is -0.191. The van der Waals surface area contributed by atoms with Gasteiger partial charge in [-0.1, -0.05) is 12.8 Å². The third-order valence-corrected chi connectivity index (χ3v) is 6.36. The quantitative estimate of drug-likeness (QED) is 0.154. The summed E-state index contributed by atoms with van der Waals surface area (Å²) in [5.41, 5.74) is 6.15. The van der Waals surface area contributed by atoms with Gasteiger partial charge in [-0.05, 0) is 24.3 Å². The van der Waals surface area contributed by atoms with Crippen LogP contribution < -0.4 is 11.1 Å². The van der Waals surface area contributed by atoms with E-state index in [0.29, 0.717) is 5.75 Å². The molecule has 0 unspecified atom stereocenters. The minimum atomic E-state index is -1.71. The second-order valence-corrected chi connectivity index (χ2v) is 8.77. The topological polar surface area (TPSA) is 162 Å². The smallest absolute Gasteiger partial charge is 0.346 e. The summed E-state index contributed by atoms with van der Waals surface area (Å²) in [6, 6.07) is -1.73. The second kappa shape index (κ2) is 12.2. The van der Waals surface area contributed by atoms with Crippen molar-refractivity contribution in [1.29, 1.82) is 0 Å². The average molecular weight is 441 g/mol. The lowest BCUT2D eigenvalue weighted by atomic mass is 9.88. The van der Waals surface area contributed by atoms with Crippen LogP contribution in [0.1, 0.15) is 39.0 Å². The van der Waals surface area contributed by atoms with E-state index in [-0.39, 0.29) is 6.42 Å². The maximum Gasteiger partial charge on any atom is 0.346 e. The van der Waals surface area contributed by atoms with Gasteiger partial charge in [0.25, 0.3) is 0 Å². The van der Waals surface area contributed by atoms with Crippen molar-refractivity contribution in [1.82, 2.24) is 5.32 Å². The van der Waals surface area contributed by atoms with Gasteiger partial charge in [0.15, 0.2) is 0 Å². The first-order valence-corrected chi connectivity index (χ1v) is 11.0. The zero-order valence-corrected chi connectivity index (χ0v) is 17.7. The third kappa shape index (κ3) is 7.05. The zero-order chi connectivity index (χ0) is 21.3. The molecule has 1 aliphatic rings. The Kier molecular flexibility index (Phi) is 11.1. The third-order valence-electron chi connectivity index (χ3n) is 4.65. The number of rotatable bonds is 12. The standard InChI is InChI=1S/C17H32N2O7S2/c1-10(21)19-13-11(18)8-17(16(24)25,28-7-5-3-2-4-6-27)26-15(13)14(23)12(22)9-20/h11-15,20,22-23,27H,2-9,18H2,1H3,(H,19,21)(H,24,25)/t11-,12-,13+,14-,15+,17-/m0/s1. The second-order valence-electron chi connectivity index (χ2n) is 6.96. The molecule has 1 aliphatic heterocycles. The largest absolute Gasteiger partial charge is 0.478 e. The van der Waals surface area contributed by atoms with Crippen molar-refractivity contribution in [2.75, 3.05) is 18.1 Å². The van der Waals surface area contributed by atoms with Crippen molar-refractivity contribution in [3.63, 3.8) is 0 Å². The van der Waals surface area contributed by atoms with Gasteiger partial charge in [-0.2, -0.15) is 12.6 Å². The fourth-order valence-corrected chi connectivity index (χ4v) is 4.67. The number of thiol groups is 1. The molecule has 28 heavy (non-hydrogen) atoms. The number of ether oxygens (including phenoxy) is 1. The number of hydrogen-bond acceptors (Lipinski definition) is 9. The summed E-state index contributed by atoms with van der Waals surface area (Å²) >= 11 is 5.24. The molecule has 1 amide bonds. The van der Waals surface area contributed by atoms with Crippen LogP contribution in [-0.4, -0.2) is 85.7 Å². The monoisotopic (exact) mass is 440 g/mol. The number of carboxylic acids is 1. The predicted molar refractivity (Wildman–Crippen MR) is 109 cm³/mol. The minimum absolute atomic E-state index is 0.0764. The maximum atomic E-state index is 12.0. The Morgan fingerprint density at radius 2 is 1.96 bits per heavy atom. The van der Waals surface area contributed by atoms with Gasteiger partial charge in [0, 0.05) is 19.4 Å². The molecule has 0 aromatic carbocycles. The van der Waals surface area contributed by atoms with E-state index in [1.54, 1.807) is 0 Å². The number of aliphatic carboxylic acids is 1. The number of carbonyl (C=O) groups is 2. The first-order chi connectivity index (χ1) is 13.2. The number of carbonyl (C=O) groups excluding carboxylic acids is 1. The highest BCUT2D eigenvalue weighted by molar-refractivity contribution is 8.01. The summed E-state index contributed by atoms with van der Waals surface area (Å²) in [5.74, 6) is -0.344. The first kappa shape index (κ1) is 25.5. The molecule has 164 valence electrons. The van der Waals surface area contributed by atoms with Gasteiger partial charge in [-0.15, -0.1) is 11.8 Å². The van der Waals surface area contributed by atoms with Crippen molar-refractivity contribution in [3.8, 4) is 0 Å². The minimum Gasteiger partial charge on any atom is -0.478 e. The van der Waals surface area contributed by atoms with E-state index in [4.69, 9.17) is 15.6 Å². The summed E-state index contributed by atoms with van der Waals surface area (Å²) in [4.78, 5) is 21.8. The molecule has 0 saturated carbocycles. The highest BCUT2D eigenvalue weighted by atomic mass is 32.2. The van der Waals surface area contributed by atoms with Crippen molar-refractivity contribution >= 4 is 36.3 Å². The van der Waals surface area contributed by atoms with Crippen LogP contribution in [0.3, 0.4) is 0 Å². The summed E-state index contributed by atoms with van der Waals surface area (Å²) in [6.45, 7) is 0.513. The number of unbranched alkanes of at least 4 members (excludes halogenated alkanes) is 3. The lowest BCUT2D eigenvalue weighted by Gasteiger charge is -2.47. The predicted octanol–water partition coefficient (Wildman–Crippen LogP) is -0.674. The SMILES string of the molecule is CC(=O)N[C@H]1[C@H]([C@@H](O)[C@@H](O)CO)O[C@@](SCCCCCCS)(C(=O)O)C[C@@H]1N. The number of amides is 1. The number of thioether (sulfide) groups is 1. The molecule has 0 spiro atoms. The van der Waals surface area contributed by atoms with Crippen LogP contribution in [0.15, 0.2) is 0 Å². The van der Waals surface area contributed by atoms with Crippen LogP contribution in [0, 0.1) is 0 Å². The van der Waals surface area contributed by atoms with Crippen LogP contribution in [0.4, 0.5) is 0 Å². The van der Waals surface area contributed by atoms with E-state index in [1.165, 1.54) is 6.92 Å². The van der Waals surface area contributed by atoms with Crippen LogP contribution in [-0.2, 0) is 14.3 Å². The molecule has 0 aromatic heterocycles. The summed E-state index contributed by atoms with van der Waals surface area (Å²) < 4.78 is 5.77. The van der Waals surface area contributed by atoms with E-state index in [2.05, 4.69) is 17.9 Å². The van der Waals surface area contributed by atoms with Crippen molar-refractivity contribution in [2.24, 2.45) is 5.73 Å². The lowest BCUT2D eigenvalue weighted by Crippen LogP contribution is -2.68. The Morgan fingerprint density at radius 3 is 2.50 bits per heavy atom. The van der Waals surface area contributed by atoms with E-state index >= 15 is 0 Å². The molecule has 6 atom stereocenters. The number of aliphatic hydroxyl groups excluding tert-OH is 3. The summed E-state index contributed by atoms with van der Waals surface area (Å²) in [7, 11) is 0. The average Bonchev–Trinajstić information content (AvgIpc) is 2.64. The maximum absolute atomic E-state index is 12.0. The Hall–Kier alpha value is -0.560. The van der Waals surface area contributed by atoms with Gasteiger partial charge in [0.2, 0.25) is 10.8 Å². The van der Waals surface area contributed by atoms with Crippen LogP contribution >= 0.6 is 24.4 Å². The van der Waals surface area contributed by atoms with Gasteiger partial charge >= 0.3 is 5.97 Å². The number of hydrogen-bond donors (Lipinski definition) is 7. The van der Waals surface area contributed by atoms with Gasteiger partial charge in [0.05, 0.1) is 12.6 Å². The van der Waals surface area contributed by atoms with Crippen molar-refractivity contribution in [2.45, 2.75) is 74.4 Å².